The van der Waals surface area contributed by atoms with E-state index in [4.69, 9.17) is 4.74 Å². The van der Waals surface area contributed by atoms with E-state index in [1.165, 1.54) is 0 Å². The molecule has 0 aliphatic heterocycles. The molecule has 0 bridgehead atoms. The quantitative estimate of drug-likeness (QED) is 0.501. The van der Waals surface area contributed by atoms with Crippen molar-refractivity contribution in [1.82, 2.24) is 10.2 Å². The SMILES string of the molecule is CC[C@H](C(=O)N[C@@H](C)CC)N(Cc1ccccc1C)C(=O)COc1ccc(Br)c(C)c1. The molecule has 0 radical (unpaired) electrons. The van der Waals surface area contributed by atoms with E-state index in [-0.39, 0.29) is 24.5 Å². The zero-order chi connectivity index (χ0) is 23.0. The Morgan fingerprint density at radius 2 is 1.77 bits per heavy atom. The molecule has 0 saturated carbocycles. The number of hydrogen-bond acceptors (Lipinski definition) is 3. The molecular formula is C25H33BrN2O3. The second kappa shape index (κ2) is 11.9. The molecule has 31 heavy (non-hydrogen) atoms. The second-order valence-corrected chi connectivity index (χ2v) is 8.74. The molecule has 0 aromatic heterocycles. The van der Waals surface area contributed by atoms with Crippen molar-refractivity contribution in [3.63, 3.8) is 0 Å². The van der Waals surface area contributed by atoms with Gasteiger partial charge in [-0.05, 0) is 68.5 Å². The highest BCUT2D eigenvalue weighted by Gasteiger charge is 2.29. The van der Waals surface area contributed by atoms with Crippen molar-refractivity contribution in [2.24, 2.45) is 0 Å². The summed E-state index contributed by atoms with van der Waals surface area (Å²) in [7, 11) is 0. The van der Waals surface area contributed by atoms with Crippen molar-refractivity contribution in [1.29, 1.82) is 0 Å². The van der Waals surface area contributed by atoms with E-state index in [0.717, 1.165) is 27.6 Å². The second-order valence-electron chi connectivity index (χ2n) is 7.89. The zero-order valence-corrected chi connectivity index (χ0v) is 20.7. The van der Waals surface area contributed by atoms with Crippen LogP contribution in [0.15, 0.2) is 46.9 Å². The van der Waals surface area contributed by atoms with Gasteiger partial charge in [0.1, 0.15) is 11.8 Å². The zero-order valence-electron chi connectivity index (χ0n) is 19.1. The highest BCUT2D eigenvalue weighted by molar-refractivity contribution is 9.10. The maximum atomic E-state index is 13.3. The number of nitrogens with zero attached hydrogens (tertiary/aromatic N) is 1. The third kappa shape index (κ3) is 7.10. The fraction of sp³-hybridized carbons (Fsp3) is 0.440. The van der Waals surface area contributed by atoms with Gasteiger partial charge >= 0.3 is 0 Å². The standard InChI is InChI=1S/C25H33BrN2O3/c1-6-19(5)27-25(30)23(7-2)28(15-20-11-9-8-10-17(20)3)24(29)16-31-21-12-13-22(26)18(4)14-21/h8-14,19,23H,6-7,15-16H2,1-5H3,(H,27,30)/t19-,23+/m0/s1. The molecule has 0 aliphatic carbocycles. The van der Waals surface area contributed by atoms with Crippen LogP contribution >= 0.6 is 15.9 Å². The first-order valence-corrected chi connectivity index (χ1v) is 11.6. The third-order valence-electron chi connectivity index (χ3n) is 5.48. The summed E-state index contributed by atoms with van der Waals surface area (Å²) in [6.07, 6.45) is 1.36. The fourth-order valence-corrected chi connectivity index (χ4v) is 3.51. The Hall–Kier alpha value is -2.34. The van der Waals surface area contributed by atoms with Gasteiger partial charge in [0.05, 0.1) is 0 Å². The van der Waals surface area contributed by atoms with Crippen LogP contribution in [0.25, 0.3) is 0 Å². The molecule has 1 N–H and O–H groups in total. The minimum absolute atomic E-state index is 0.0546. The summed E-state index contributed by atoms with van der Waals surface area (Å²) < 4.78 is 6.77. The summed E-state index contributed by atoms with van der Waals surface area (Å²) in [4.78, 5) is 27.9. The molecule has 2 aromatic rings. The van der Waals surface area contributed by atoms with Crippen LogP contribution in [0.3, 0.4) is 0 Å². The van der Waals surface area contributed by atoms with Crippen LogP contribution in [0.2, 0.25) is 0 Å². The van der Waals surface area contributed by atoms with Gasteiger partial charge in [0, 0.05) is 17.1 Å². The smallest absolute Gasteiger partial charge is 0.261 e. The monoisotopic (exact) mass is 488 g/mol. The molecule has 0 fully saturated rings. The molecule has 168 valence electrons. The predicted octanol–water partition coefficient (Wildman–Crippen LogP) is 5.17. The number of amides is 2. The summed E-state index contributed by atoms with van der Waals surface area (Å²) in [6.45, 7) is 10.1. The third-order valence-corrected chi connectivity index (χ3v) is 6.37. The van der Waals surface area contributed by atoms with Gasteiger partial charge in [0.25, 0.3) is 5.91 Å². The Labute approximate surface area is 194 Å². The van der Waals surface area contributed by atoms with Crippen molar-refractivity contribution < 1.29 is 14.3 Å². The van der Waals surface area contributed by atoms with Crippen LogP contribution in [-0.2, 0) is 16.1 Å². The largest absolute Gasteiger partial charge is 0.484 e. The van der Waals surface area contributed by atoms with E-state index in [1.807, 2.05) is 77.1 Å². The molecule has 2 atom stereocenters. The van der Waals surface area contributed by atoms with E-state index in [0.29, 0.717) is 18.7 Å². The van der Waals surface area contributed by atoms with Gasteiger partial charge in [-0.25, -0.2) is 0 Å². The minimum atomic E-state index is -0.559. The molecule has 0 unspecified atom stereocenters. The summed E-state index contributed by atoms with van der Waals surface area (Å²) in [5.74, 6) is 0.287. The molecule has 6 heteroatoms. The van der Waals surface area contributed by atoms with Gasteiger partial charge in [0.15, 0.2) is 6.61 Å². The van der Waals surface area contributed by atoms with Crippen LogP contribution < -0.4 is 10.1 Å². The number of carbonyl (C=O) groups is 2. The number of nitrogens with one attached hydrogen (secondary N) is 1. The number of ether oxygens (including phenoxy) is 1. The van der Waals surface area contributed by atoms with E-state index in [1.54, 1.807) is 4.90 Å². The van der Waals surface area contributed by atoms with Crippen LogP contribution in [0.4, 0.5) is 0 Å². The topological polar surface area (TPSA) is 58.6 Å². The maximum Gasteiger partial charge on any atom is 0.261 e. The molecule has 0 heterocycles. The predicted molar refractivity (Wildman–Crippen MR) is 128 cm³/mol. The van der Waals surface area contributed by atoms with Gasteiger partial charge in [0.2, 0.25) is 5.91 Å². The van der Waals surface area contributed by atoms with Gasteiger partial charge in [-0.3, -0.25) is 9.59 Å². The number of hydrogen-bond donors (Lipinski definition) is 1. The maximum absolute atomic E-state index is 13.3. The lowest BCUT2D eigenvalue weighted by molar-refractivity contribution is -0.143. The number of benzene rings is 2. The molecule has 0 saturated heterocycles. The Kier molecular flexibility index (Phi) is 9.56. The normalized spacial score (nSPS) is 12.7. The molecule has 5 nitrogen and oxygen atoms in total. The molecule has 0 spiro atoms. The summed E-state index contributed by atoms with van der Waals surface area (Å²) in [5, 5.41) is 3.02. The first-order chi connectivity index (χ1) is 14.8. The number of halogens is 1. The molecule has 2 rings (SSSR count). The van der Waals surface area contributed by atoms with E-state index >= 15 is 0 Å². The Morgan fingerprint density at radius 1 is 1.06 bits per heavy atom. The average Bonchev–Trinajstić information content (AvgIpc) is 2.75. The van der Waals surface area contributed by atoms with Crippen molar-refractivity contribution >= 4 is 27.7 Å². The van der Waals surface area contributed by atoms with Crippen LogP contribution in [0.5, 0.6) is 5.75 Å². The average molecular weight is 489 g/mol. The summed E-state index contributed by atoms with van der Waals surface area (Å²) >= 11 is 3.47. The highest BCUT2D eigenvalue weighted by atomic mass is 79.9. The Balaban J connectivity index is 2.24. The van der Waals surface area contributed by atoms with Crippen LogP contribution in [-0.4, -0.2) is 35.4 Å². The van der Waals surface area contributed by atoms with Gasteiger partial charge in [-0.1, -0.05) is 54.0 Å². The van der Waals surface area contributed by atoms with Crippen LogP contribution in [0, 0.1) is 13.8 Å². The van der Waals surface area contributed by atoms with Crippen molar-refractivity contribution in [2.75, 3.05) is 6.61 Å². The minimum Gasteiger partial charge on any atom is -0.484 e. The van der Waals surface area contributed by atoms with Crippen molar-refractivity contribution in [2.45, 2.75) is 66.1 Å². The van der Waals surface area contributed by atoms with E-state index in [9.17, 15) is 9.59 Å². The Bertz CT molecular complexity index is 900. The lowest BCUT2D eigenvalue weighted by Gasteiger charge is -2.31. The first-order valence-electron chi connectivity index (χ1n) is 10.8. The number of carbonyl (C=O) groups excluding carboxylic acids is 2. The van der Waals surface area contributed by atoms with Gasteiger partial charge in [-0.15, -0.1) is 0 Å². The van der Waals surface area contributed by atoms with Gasteiger partial charge < -0.3 is 15.0 Å². The molecule has 2 amide bonds. The summed E-state index contributed by atoms with van der Waals surface area (Å²) in [6, 6.07) is 13.0. The lowest BCUT2D eigenvalue weighted by Crippen LogP contribution is -2.51. The number of rotatable bonds is 10. The molecular weight excluding hydrogens is 456 g/mol. The van der Waals surface area contributed by atoms with E-state index < -0.39 is 6.04 Å². The first kappa shape index (κ1) is 24.9. The summed E-state index contributed by atoms with van der Waals surface area (Å²) in [5.41, 5.74) is 3.13. The molecule has 2 aromatic carbocycles. The van der Waals surface area contributed by atoms with Gasteiger partial charge in [-0.2, -0.15) is 0 Å². The molecule has 0 aliphatic rings. The number of aryl methyl sites for hydroxylation is 2. The van der Waals surface area contributed by atoms with Crippen molar-refractivity contribution in [3.8, 4) is 5.75 Å². The van der Waals surface area contributed by atoms with Crippen LogP contribution in [0.1, 0.15) is 50.3 Å². The lowest BCUT2D eigenvalue weighted by atomic mass is 10.1. The Morgan fingerprint density at radius 3 is 2.39 bits per heavy atom. The fourth-order valence-electron chi connectivity index (χ4n) is 3.27. The highest BCUT2D eigenvalue weighted by Crippen LogP contribution is 2.22. The van der Waals surface area contributed by atoms with Crippen molar-refractivity contribution in [3.05, 3.63) is 63.6 Å². The van der Waals surface area contributed by atoms with E-state index in [2.05, 4.69) is 21.2 Å².